The molecule has 1 fully saturated rings. The summed E-state index contributed by atoms with van der Waals surface area (Å²) in [6.07, 6.45) is 7.46. The van der Waals surface area contributed by atoms with Crippen LogP contribution in [0.4, 0.5) is 0 Å². The van der Waals surface area contributed by atoms with Crippen molar-refractivity contribution < 1.29 is 4.79 Å². The van der Waals surface area contributed by atoms with Crippen LogP contribution in [0.1, 0.15) is 49.5 Å². The fourth-order valence-corrected chi connectivity index (χ4v) is 2.62. The second kappa shape index (κ2) is 6.65. The van der Waals surface area contributed by atoms with Crippen LogP contribution in [-0.2, 0) is 6.54 Å². The lowest BCUT2D eigenvalue weighted by Gasteiger charge is -2.28. The fraction of sp³-hybridized carbons (Fsp3) is 0.769. The maximum Gasteiger partial charge on any atom is 0.273 e. The number of hydrogen-bond donors (Lipinski definition) is 2. The van der Waals surface area contributed by atoms with Gasteiger partial charge in [0.1, 0.15) is 0 Å². The van der Waals surface area contributed by atoms with E-state index in [1.807, 2.05) is 0 Å². The van der Waals surface area contributed by atoms with Gasteiger partial charge in [-0.2, -0.15) is 0 Å². The predicted molar refractivity (Wildman–Crippen MR) is 72.6 cm³/mol. The highest BCUT2D eigenvalue weighted by atomic mass is 16.2. The van der Waals surface area contributed by atoms with Crippen LogP contribution in [0, 0.1) is 5.92 Å². The molecule has 1 amide bonds. The van der Waals surface area contributed by atoms with Gasteiger partial charge in [0.2, 0.25) is 0 Å². The third-order valence-electron chi connectivity index (χ3n) is 3.89. The molecule has 0 saturated heterocycles. The molecule has 1 aliphatic carbocycles. The lowest BCUT2D eigenvalue weighted by Crippen LogP contribution is -2.37. The Morgan fingerprint density at radius 3 is 2.84 bits per heavy atom. The van der Waals surface area contributed by atoms with Crippen LogP contribution in [0.25, 0.3) is 0 Å². The number of nitrogens with one attached hydrogen (secondary N) is 1. The van der Waals surface area contributed by atoms with Crippen molar-refractivity contribution >= 4 is 5.91 Å². The zero-order valence-electron chi connectivity index (χ0n) is 11.5. The van der Waals surface area contributed by atoms with Gasteiger partial charge in [0.25, 0.3) is 5.91 Å². The van der Waals surface area contributed by atoms with Gasteiger partial charge < -0.3 is 11.1 Å². The third kappa shape index (κ3) is 3.76. The Hall–Kier alpha value is -1.43. The van der Waals surface area contributed by atoms with Gasteiger partial charge in [-0.15, -0.1) is 5.10 Å². The molecule has 0 aliphatic heterocycles. The molecule has 3 N–H and O–H groups in total. The van der Waals surface area contributed by atoms with Crippen molar-refractivity contribution in [2.24, 2.45) is 11.7 Å². The van der Waals surface area contributed by atoms with E-state index in [2.05, 4.69) is 22.6 Å². The van der Waals surface area contributed by atoms with Crippen LogP contribution in [0.15, 0.2) is 6.20 Å². The molecule has 1 aromatic heterocycles. The molecule has 0 spiro atoms. The summed E-state index contributed by atoms with van der Waals surface area (Å²) in [6.45, 7) is 3.31. The number of amides is 1. The molecular formula is C13H23N5O. The normalized spacial score (nSPS) is 23.3. The van der Waals surface area contributed by atoms with Crippen LogP contribution >= 0.6 is 0 Å². The quantitative estimate of drug-likeness (QED) is 0.829. The van der Waals surface area contributed by atoms with E-state index in [1.54, 1.807) is 10.9 Å². The smallest absolute Gasteiger partial charge is 0.273 e. The molecule has 0 bridgehead atoms. The SMILES string of the molecule is CCC1CCC(NC(=O)c2cn(CCN)nn2)CC1. The largest absolute Gasteiger partial charge is 0.348 e. The third-order valence-corrected chi connectivity index (χ3v) is 3.89. The number of carbonyl (C=O) groups excluding carboxylic acids is 1. The first-order chi connectivity index (χ1) is 9.22. The topological polar surface area (TPSA) is 85.8 Å². The van der Waals surface area contributed by atoms with Crippen molar-refractivity contribution in [3.8, 4) is 0 Å². The van der Waals surface area contributed by atoms with E-state index in [0.29, 0.717) is 18.8 Å². The van der Waals surface area contributed by atoms with Gasteiger partial charge in [0.15, 0.2) is 5.69 Å². The Labute approximate surface area is 113 Å². The summed E-state index contributed by atoms with van der Waals surface area (Å²) in [7, 11) is 0. The molecule has 1 aliphatic rings. The second-order valence-electron chi connectivity index (χ2n) is 5.25. The van der Waals surface area contributed by atoms with Crippen molar-refractivity contribution in [2.45, 2.75) is 51.6 Å². The second-order valence-corrected chi connectivity index (χ2v) is 5.25. The summed E-state index contributed by atoms with van der Waals surface area (Å²) in [4.78, 5) is 12.0. The summed E-state index contributed by atoms with van der Waals surface area (Å²) in [5, 5.41) is 10.8. The van der Waals surface area contributed by atoms with Gasteiger partial charge in [-0.05, 0) is 31.6 Å². The van der Waals surface area contributed by atoms with Crippen molar-refractivity contribution in [3.05, 3.63) is 11.9 Å². The minimum absolute atomic E-state index is 0.122. The summed E-state index contributed by atoms with van der Waals surface area (Å²) < 4.78 is 1.60. The van der Waals surface area contributed by atoms with Crippen LogP contribution in [0.2, 0.25) is 0 Å². The van der Waals surface area contributed by atoms with E-state index in [4.69, 9.17) is 5.73 Å². The molecule has 1 aromatic rings. The van der Waals surface area contributed by atoms with Gasteiger partial charge in [-0.3, -0.25) is 9.48 Å². The molecule has 106 valence electrons. The highest BCUT2D eigenvalue weighted by Gasteiger charge is 2.22. The van der Waals surface area contributed by atoms with Crippen molar-refractivity contribution in [3.63, 3.8) is 0 Å². The standard InChI is InChI=1S/C13H23N5O/c1-2-10-3-5-11(6-4-10)15-13(19)12-9-18(8-7-14)17-16-12/h9-11H,2-8,14H2,1H3,(H,15,19). The Kier molecular flexibility index (Phi) is 4.90. The van der Waals surface area contributed by atoms with E-state index < -0.39 is 0 Å². The number of hydrogen-bond acceptors (Lipinski definition) is 4. The van der Waals surface area contributed by atoms with E-state index in [1.165, 1.54) is 19.3 Å². The average Bonchev–Trinajstić information content (AvgIpc) is 2.89. The van der Waals surface area contributed by atoms with Gasteiger partial charge in [0, 0.05) is 12.6 Å². The molecule has 19 heavy (non-hydrogen) atoms. The molecule has 1 saturated carbocycles. The molecule has 1 heterocycles. The first kappa shape index (κ1) is 14.0. The fourth-order valence-electron chi connectivity index (χ4n) is 2.62. The molecule has 2 rings (SSSR count). The number of carbonyl (C=O) groups is 1. The molecule has 0 aromatic carbocycles. The number of nitrogens with zero attached hydrogens (tertiary/aromatic N) is 3. The van der Waals surface area contributed by atoms with Crippen molar-refractivity contribution in [2.75, 3.05) is 6.54 Å². The van der Waals surface area contributed by atoms with Crippen LogP contribution in [0.3, 0.4) is 0 Å². The lowest BCUT2D eigenvalue weighted by atomic mass is 9.84. The summed E-state index contributed by atoms with van der Waals surface area (Å²) in [6, 6.07) is 0.287. The summed E-state index contributed by atoms with van der Waals surface area (Å²) >= 11 is 0. The van der Waals surface area contributed by atoms with Gasteiger partial charge in [0.05, 0.1) is 12.7 Å². The van der Waals surface area contributed by atoms with Crippen molar-refractivity contribution in [1.29, 1.82) is 0 Å². The number of nitrogens with two attached hydrogens (primary N) is 1. The van der Waals surface area contributed by atoms with Crippen LogP contribution in [-0.4, -0.2) is 33.5 Å². The number of rotatable bonds is 5. The Bertz CT molecular complexity index is 409. The van der Waals surface area contributed by atoms with Gasteiger partial charge in [-0.1, -0.05) is 18.6 Å². The average molecular weight is 265 g/mol. The molecule has 0 radical (unpaired) electrons. The molecule has 0 atom stereocenters. The molecule has 0 unspecified atom stereocenters. The van der Waals surface area contributed by atoms with E-state index in [-0.39, 0.29) is 11.9 Å². The lowest BCUT2D eigenvalue weighted by molar-refractivity contribution is 0.0916. The maximum atomic E-state index is 12.0. The minimum atomic E-state index is -0.122. The maximum absolute atomic E-state index is 12.0. The predicted octanol–water partition coefficient (Wildman–Crippen LogP) is 0.935. The summed E-state index contributed by atoms with van der Waals surface area (Å²) in [5.41, 5.74) is 5.81. The highest BCUT2D eigenvalue weighted by Crippen LogP contribution is 2.26. The molecular weight excluding hydrogens is 242 g/mol. The zero-order chi connectivity index (χ0) is 13.7. The Morgan fingerprint density at radius 1 is 1.47 bits per heavy atom. The Morgan fingerprint density at radius 2 is 2.21 bits per heavy atom. The first-order valence-electron chi connectivity index (χ1n) is 7.14. The molecule has 6 heteroatoms. The number of aromatic nitrogens is 3. The Balaban J connectivity index is 1.83. The minimum Gasteiger partial charge on any atom is -0.348 e. The highest BCUT2D eigenvalue weighted by molar-refractivity contribution is 5.92. The van der Waals surface area contributed by atoms with Gasteiger partial charge >= 0.3 is 0 Å². The monoisotopic (exact) mass is 265 g/mol. The van der Waals surface area contributed by atoms with E-state index in [9.17, 15) is 4.79 Å². The van der Waals surface area contributed by atoms with Crippen molar-refractivity contribution in [1.82, 2.24) is 20.3 Å². The van der Waals surface area contributed by atoms with E-state index in [0.717, 1.165) is 18.8 Å². The van der Waals surface area contributed by atoms with Crippen LogP contribution in [0.5, 0.6) is 0 Å². The first-order valence-corrected chi connectivity index (χ1v) is 7.14. The van der Waals surface area contributed by atoms with E-state index >= 15 is 0 Å². The summed E-state index contributed by atoms with van der Waals surface area (Å²) in [5.74, 6) is 0.710. The molecule has 6 nitrogen and oxygen atoms in total. The zero-order valence-corrected chi connectivity index (χ0v) is 11.5. The van der Waals surface area contributed by atoms with Crippen LogP contribution < -0.4 is 11.1 Å². The van der Waals surface area contributed by atoms with Gasteiger partial charge in [-0.25, -0.2) is 0 Å².